The predicted molar refractivity (Wildman–Crippen MR) is 80.7 cm³/mol. The van der Waals surface area contributed by atoms with Gasteiger partial charge in [-0.25, -0.2) is 4.39 Å². The Morgan fingerprint density at radius 3 is 2.71 bits per heavy atom. The third-order valence-electron chi connectivity index (χ3n) is 3.29. The number of aromatic nitrogens is 2. The molecule has 1 N–H and O–H groups in total. The average molecular weight is 291 g/mol. The molecule has 0 radical (unpaired) electrons. The third kappa shape index (κ3) is 4.29. The van der Waals surface area contributed by atoms with E-state index >= 15 is 0 Å². The van der Waals surface area contributed by atoms with Crippen molar-refractivity contribution in [2.45, 2.75) is 33.4 Å². The molecule has 0 atom stereocenters. The first-order chi connectivity index (χ1) is 10.1. The Labute approximate surface area is 124 Å². The molecule has 2 aromatic rings. The summed E-state index contributed by atoms with van der Waals surface area (Å²) in [6.07, 6.45) is 0.890. The van der Waals surface area contributed by atoms with Gasteiger partial charge in [0.05, 0.1) is 11.4 Å². The number of nitrogens with one attached hydrogen (secondary N) is 1. The highest BCUT2D eigenvalue weighted by molar-refractivity contribution is 5.29. The summed E-state index contributed by atoms with van der Waals surface area (Å²) >= 11 is 0. The van der Waals surface area contributed by atoms with Crippen LogP contribution in [0.15, 0.2) is 24.3 Å². The number of hydrogen-bond donors (Lipinski definition) is 1. The molecule has 114 valence electrons. The average Bonchev–Trinajstić information content (AvgIpc) is 2.83. The Balaban J connectivity index is 2.04. The molecule has 0 spiro atoms. The highest BCUT2D eigenvalue weighted by atomic mass is 19.1. The van der Waals surface area contributed by atoms with Crippen molar-refractivity contribution in [3.8, 4) is 5.75 Å². The molecule has 4 nitrogen and oxygen atoms in total. The lowest BCUT2D eigenvalue weighted by Gasteiger charge is -2.09. The number of benzene rings is 1. The molecule has 0 bridgehead atoms. The first kappa shape index (κ1) is 15.5. The fourth-order valence-electron chi connectivity index (χ4n) is 2.11. The van der Waals surface area contributed by atoms with E-state index in [1.807, 2.05) is 26.1 Å². The molecule has 1 aromatic heterocycles. The quantitative estimate of drug-likeness (QED) is 0.852. The lowest BCUT2D eigenvalue weighted by Crippen LogP contribution is -2.12. The van der Waals surface area contributed by atoms with Crippen molar-refractivity contribution in [1.82, 2.24) is 15.1 Å². The molecular weight excluding hydrogens is 269 g/mol. The van der Waals surface area contributed by atoms with Gasteiger partial charge in [-0.2, -0.15) is 5.10 Å². The molecule has 1 aromatic carbocycles. The fraction of sp³-hybridized carbons (Fsp3) is 0.438. The zero-order valence-electron chi connectivity index (χ0n) is 12.8. The molecule has 5 heteroatoms. The van der Waals surface area contributed by atoms with Gasteiger partial charge >= 0.3 is 0 Å². The summed E-state index contributed by atoms with van der Waals surface area (Å²) in [5.74, 6) is 0.266. The van der Waals surface area contributed by atoms with Crippen LogP contribution < -0.4 is 10.1 Å². The Morgan fingerprint density at radius 1 is 1.24 bits per heavy atom. The normalized spacial score (nSPS) is 10.9. The minimum Gasteiger partial charge on any atom is -0.487 e. The summed E-state index contributed by atoms with van der Waals surface area (Å²) in [7, 11) is 1.89. The maximum Gasteiger partial charge on any atom is 0.130 e. The topological polar surface area (TPSA) is 39.1 Å². The van der Waals surface area contributed by atoms with Crippen molar-refractivity contribution in [3.05, 3.63) is 47.0 Å². The summed E-state index contributed by atoms with van der Waals surface area (Å²) in [6, 6.07) is 6.81. The summed E-state index contributed by atoms with van der Waals surface area (Å²) in [5.41, 5.74) is 2.89. The van der Waals surface area contributed by atoms with Gasteiger partial charge in [0.15, 0.2) is 0 Å². The van der Waals surface area contributed by atoms with E-state index in [1.165, 1.54) is 12.1 Å². The molecule has 0 fully saturated rings. The van der Waals surface area contributed by atoms with Gasteiger partial charge in [-0.3, -0.25) is 4.68 Å². The van der Waals surface area contributed by atoms with Gasteiger partial charge in [0.1, 0.15) is 18.2 Å². The molecular formula is C16H22FN3O. The van der Waals surface area contributed by atoms with Crippen LogP contribution in [0.4, 0.5) is 4.39 Å². The van der Waals surface area contributed by atoms with E-state index in [-0.39, 0.29) is 5.82 Å². The number of nitrogens with zero attached hydrogens (tertiary/aromatic N) is 2. The zero-order valence-corrected chi connectivity index (χ0v) is 12.8. The second-order valence-electron chi connectivity index (χ2n) is 4.97. The van der Waals surface area contributed by atoms with Gasteiger partial charge in [0.2, 0.25) is 0 Å². The minimum absolute atomic E-state index is 0.278. The third-order valence-corrected chi connectivity index (χ3v) is 3.29. The van der Waals surface area contributed by atoms with Crippen LogP contribution in [-0.2, 0) is 26.6 Å². The van der Waals surface area contributed by atoms with Crippen molar-refractivity contribution in [3.63, 3.8) is 0 Å². The van der Waals surface area contributed by atoms with Crippen molar-refractivity contribution in [1.29, 1.82) is 0 Å². The number of ether oxygens (including phenoxy) is 1. The van der Waals surface area contributed by atoms with E-state index in [2.05, 4.69) is 17.3 Å². The number of aryl methyl sites for hydroxylation is 2. The van der Waals surface area contributed by atoms with Crippen LogP contribution in [0.1, 0.15) is 30.8 Å². The van der Waals surface area contributed by atoms with Gasteiger partial charge in [0, 0.05) is 19.7 Å². The van der Waals surface area contributed by atoms with Crippen LogP contribution >= 0.6 is 0 Å². The van der Waals surface area contributed by atoms with Crippen LogP contribution in [0.25, 0.3) is 0 Å². The fourth-order valence-corrected chi connectivity index (χ4v) is 2.11. The van der Waals surface area contributed by atoms with Crippen molar-refractivity contribution >= 4 is 0 Å². The van der Waals surface area contributed by atoms with Gasteiger partial charge in [0.25, 0.3) is 0 Å². The van der Waals surface area contributed by atoms with Crippen LogP contribution in [-0.4, -0.2) is 16.3 Å². The van der Waals surface area contributed by atoms with Crippen molar-refractivity contribution in [2.75, 3.05) is 6.54 Å². The summed E-state index contributed by atoms with van der Waals surface area (Å²) in [4.78, 5) is 0. The van der Waals surface area contributed by atoms with Crippen LogP contribution in [0.2, 0.25) is 0 Å². The second kappa shape index (κ2) is 7.22. The molecule has 1 heterocycles. The smallest absolute Gasteiger partial charge is 0.130 e. The van der Waals surface area contributed by atoms with Crippen molar-refractivity contribution in [2.24, 2.45) is 7.05 Å². The van der Waals surface area contributed by atoms with Crippen molar-refractivity contribution < 1.29 is 9.13 Å². The van der Waals surface area contributed by atoms with Gasteiger partial charge in [-0.15, -0.1) is 0 Å². The molecule has 0 amide bonds. The van der Waals surface area contributed by atoms with Gasteiger partial charge in [-0.1, -0.05) is 13.8 Å². The largest absolute Gasteiger partial charge is 0.487 e. The summed E-state index contributed by atoms with van der Waals surface area (Å²) in [6.45, 7) is 5.95. The zero-order chi connectivity index (χ0) is 15.2. The predicted octanol–water partition coefficient (Wildman–Crippen LogP) is 2.81. The first-order valence-corrected chi connectivity index (χ1v) is 7.27. The number of rotatable bonds is 7. The Hall–Kier alpha value is -1.88. The van der Waals surface area contributed by atoms with Gasteiger partial charge in [-0.05, 0) is 36.7 Å². The maximum absolute atomic E-state index is 13.6. The molecule has 21 heavy (non-hydrogen) atoms. The summed E-state index contributed by atoms with van der Waals surface area (Å²) in [5, 5.41) is 7.55. The Morgan fingerprint density at radius 2 is 2.05 bits per heavy atom. The van der Waals surface area contributed by atoms with Crippen LogP contribution in [0.5, 0.6) is 5.75 Å². The molecule has 2 rings (SSSR count). The van der Waals surface area contributed by atoms with E-state index in [1.54, 1.807) is 4.68 Å². The molecule has 0 aliphatic carbocycles. The molecule has 0 saturated heterocycles. The standard InChI is InChI=1S/C16H22FN3O/c1-4-14-9-15(20(3)19-14)11-21-16-7-12(10-18-5-2)6-13(17)8-16/h6-9,18H,4-5,10-11H2,1-3H3. The van der Waals surface area contributed by atoms with E-state index < -0.39 is 0 Å². The molecule has 0 saturated carbocycles. The monoisotopic (exact) mass is 291 g/mol. The Bertz CT molecular complexity index is 595. The van der Waals surface area contributed by atoms with Crippen LogP contribution in [0.3, 0.4) is 0 Å². The Kier molecular flexibility index (Phi) is 5.33. The van der Waals surface area contributed by atoms with E-state index in [9.17, 15) is 4.39 Å². The number of halogens is 1. The molecule has 0 unspecified atom stereocenters. The van der Waals surface area contributed by atoms with Crippen LogP contribution in [0, 0.1) is 5.82 Å². The van der Waals surface area contributed by atoms with E-state index in [0.29, 0.717) is 18.9 Å². The first-order valence-electron chi connectivity index (χ1n) is 7.27. The highest BCUT2D eigenvalue weighted by Crippen LogP contribution is 2.18. The van der Waals surface area contributed by atoms with E-state index in [4.69, 9.17) is 4.74 Å². The summed E-state index contributed by atoms with van der Waals surface area (Å²) < 4.78 is 21.1. The maximum atomic E-state index is 13.6. The molecule has 0 aliphatic heterocycles. The highest BCUT2D eigenvalue weighted by Gasteiger charge is 2.06. The second-order valence-corrected chi connectivity index (χ2v) is 4.97. The SMILES string of the molecule is CCNCc1cc(F)cc(OCc2cc(CC)nn2C)c1. The molecule has 0 aliphatic rings. The minimum atomic E-state index is -0.278. The lowest BCUT2D eigenvalue weighted by atomic mass is 10.2. The van der Waals surface area contributed by atoms with Gasteiger partial charge < -0.3 is 10.1 Å². The lowest BCUT2D eigenvalue weighted by molar-refractivity contribution is 0.293. The number of hydrogen-bond acceptors (Lipinski definition) is 3. The van der Waals surface area contributed by atoms with E-state index in [0.717, 1.165) is 29.9 Å².